The summed E-state index contributed by atoms with van der Waals surface area (Å²) in [6, 6.07) is 0. The zero-order valence-corrected chi connectivity index (χ0v) is 14.1. The van der Waals surface area contributed by atoms with Gasteiger partial charge in [-0.25, -0.2) is 0 Å². The van der Waals surface area contributed by atoms with Gasteiger partial charge in [0.25, 0.3) is 0 Å². The van der Waals surface area contributed by atoms with Gasteiger partial charge in [-0.15, -0.1) is 0 Å². The van der Waals surface area contributed by atoms with Gasteiger partial charge in [-0.1, -0.05) is 34.6 Å². The van der Waals surface area contributed by atoms with Crippen molar-refractivity contribution in [3.63, 3.8) is 0 Å². The largest absolute Gasteiger partial charge is 0.396 e. The molecule has 2 fully saturated rings. The van der Waals surface area contributed by atoms with E-state index in [9.17, 15) is 5.11 Å². The van der Waals surface area contributed by atoms with Crippen molar-refractivity contribution in [1.29, 1.82) is 0 Å². The summed E-state index contributed by atoms with van der Waals surface area (Å²) in [6.45, 7) is 14.8. The van der Waals surface area contributed by atoms with Gasteiger partial charge in [0.15, 0.2) is 0 Å². The van der Waals surface area contributed by atoms with Crippen LogP contribution < -0.4 is 5.73 Å². The maximum Gasteiger partial charge on any atom is 0.0489 e. The molecule has 0 aromatic heterocycles. The van der Waals surface area contributed by atoms with Crippen LogP contribution >= 0.6 is 0 Å². The van der Waals surface area contributed by atoms with Crippen LogP contribution in [0, 0.1) is 22.7 Å². The molecule has 3 N–H and O–H groups in total. The van der Waals surface area contributed by atoms with E-state index in [1.54, 1.807) is 0 Å². The molecule has 3 heteroatoms. The minimum absolute atomic E-state index is 0.0758. The molecule has 2 rings (SSSR count). The molecule has 0 aromatic rings. The number of nitrogens with two attached hydrogens (primary N) is 1. The molecule has 2 bridgehead atoms. The normalized spacial score (nSPS) is 40.5. The second-order valence-corrected chi connectivity index (χ2v) is 7.71. The number of fused-ring (bicyclic) bond motifs is 2. The number of rotatable bonds is 6. The third-order valence-electron chi connectivity index (χ3n) is 7.46. The Morgan fingerprint density at radius 3 is 2.15 bits per heavy atom. The first-order valence-corrected chi connectivity index (χ1v) is 8.41. The molecular formula is C17H34N2O. The summed E-state index contributed by atoms with van der Waals surface area (Å²) >= 11 is 0. The Balaban J connectivity index is 2.55. The molecule has 2 aliphatic rings. The average molecular weight is 282 g/mol. The van der Waals surface area contributed by atoms with Crippen molar-refractivity contribution in [3.05, 3.63) is 0 Å². The molecule has 2 aliphatic carbocycles. The lowest BCUT2D eigenvalue weighted by Crippen LogP contribution is -2.65. The summed E-state index contributed by atoms with van der Waals surface area (Å²) in [6.07, 6.45) is 3.83. The van der Waals surface area contributed by atoms with Gasteiger partial charge in [0, 0.05) is 18.1 Å². The number of aliphatic hydroxyl groups is 1. The SMILES string of the molecule is CCN(CC)[C@@]1([C@H](CN)CO)C[C@@H]2CC[C@@]1(C)C2(C)C. The highest BCUT2D eigenvalue weighted by Gasteiger charge is 2.71. The summed E-state index contributed by atoms with van der Waals surface area (Å²) in [5.74, 6) is 0.964. The lowest BCUT2D eigenvalue weighted by molar-refractivity contribution is -0.0909. The van der Waals surface area contributed by atoms with Crippen molar-refractivity contribution in [3.8, 4) is 0 Å². The molecule has 0 spiro atoms. The predicted octanol–water partition coefficient (Wildman–Crippen LogP) is 2.48. The van der Waals surface area contributed by atoms with Crippen LogP contribution in [0.25, 0.3) is 0 Å². The van der Waals surface area contributed by atoms with Gasteiger partial charge in [-0.3, -0.25) is 4.90 Å². The maximum atomic E-state index is 10.00. The molecule has 0 heterocycles. The Morgan fingerprint density at radius 2 is 1.85 bits per heavy atom. The second-order valence-electron chi connectivity index (χ2n) is 7.71. The molecule has 0 radical (unpaired) electrons. The second kappa shape index (κ2) is 5.26. The number of hydrogen-bond acceptors (Lipinski definition) is 3. The lowest BCUT2D eigenvalue weighted by Gasteiger charge is -2.58. The highest BCUT2D eigenvalue weighted by molar-refractivity contribution is 5.23. The Morgan fingerprint density at radius 1 is 1.25 bits per heavy atom. The summed E-state index contributed by atoms with van der Waals surface area (Å²) in [4.78, 5) is 2.61. The molecule has 4 atom stereocenters. The lowest BCUT2D eigenvalue weighted by atomic mass is 9.57. The van der Waals surface area contributed by atoms with E-state index >= 15 is 0 Å². The fourth-order valence-electron chi connectivity index (χ4n) is 5.89. The monoisotopic (exact) mass is 282 g/mol. The molecule has 0 amide bonds. The van der Waals surface area contributed by atoms with E-state index in [1.807, 2.05) is 0 Å². The highest BCUT2D eigenvalue weighted by atomic mass is 16.3. The third-order valence-corrected chi connectivity index (χ3v) is 7.46. The van der Waals surface area contributed by atoms with Crippen molar-refractivity contribution >= 4 is 0 Å². The van der Waals surface area contributed by atoms with Crippen LogP contribution in [0.5, 0.6) is 0 Å². The summed E-state index contributed by atoms with van der Waals surface area (Å²) in [5, 5.41) is 10.00. The maximum absolute atomic E-state index is 10.00. The van der Waals surface area contributed by atoms with Crippen LogP contribution in [0.4, 0.5) is 0 Å². The van der Waals surface area contributed by atoms with Crippen molar-refractivity contribution in [2.75, 3.05) is 26.2 Å². The van der Waals surface area contributed by atoms with E-state index in [1.165, 1.54) is 19.3 Å². The summed E-state index contributed by atoms with van der Waals surface area (Å²) < 4.78 is 0. The van der Waals surface area contributed by atoms with Gasteiger partial charge in [-0.2, -0.15) is 0 Å². The van der Waals surface area contributed by atoms with Gasteiger partial charge < -0.3 is 10.8 Å². The fourth-order valence-corrected chi connectivity index (χ4v) is 5.89. The van der Waals surface area contributed by atoms with Crippen LogP contribution in [0.2, 0.25) is 0 Å². The molecular weight excluding hydrogens is 248 g/mol. The Hall–Kier alpha value is -0.120. The van der Waals surface area contributed by atoms with E-state index in [4.69, 9.17) is 5.73 Å². The third kappa shape index (κ3) is 1.69. The quantitative estimate of drug-likeness (QED) is 0.787. The fraction of sp³-hybridized carbons (Fsp3) is 1.00. The Kier molecular flexibility index (Phi) is 4.27. The standard InChI is InChI=1S/C17H34N2O/c1-6-19(7-2)17(14(11-18)12-20)10-13-8-9-16(17,5)15(13,3)4/h13-14,20H,6-12,18H2,1-5H3/t13-,14+,16-,17+/m0/s1. The summed E-state index contributed by atoms with van der Waals surface area (Å²) in [5.41, 5.74) is 6.76. The topological polar surface area (TPSA) is 49.5 Å². The van der Waals surface area contributed by atoms with Crippen molar-refractivity contribution in [2.45, 2.75) is 59.4 Å². The summed E-state index contributed by atoms with van der Waals surface area (Å²) in [7, 11) is 0. The minimum atomic E-state index is 0.0758. The van der Waals surface area contributed by atoms with E-state index < -0.39 is 0 Å². The van der Waals surface area contributed by atoms with Gasteiger partial charge in [-0.05, 0) is 55.6 Å². The van der Waals surface area contributed by atoms with Crippen LogP contribution in [-0.4, -0.2) is 41.8 Å². The number of nitrogens with zero attached hydrogens (tertiary/aromatic N) is 1. The van der Waals surface area contributed by atoms with Crippen LogP contribution in [-0.2, 0) is 0 Å². The molecule has 0 saturated heterocycles. The van der Waals surface area contributed by atoms with E-state index in [0.29, 0.717) is 12.0 Å². The van der Waals surface area contributed by atoms with Crippen LogP contribution in [0.3, 0.4) is 0 Å². The van der Waals surface area contributed by atoms with Gasteiger partial charge in [0.1, 0.15) is 0 Å². The van der Waals surface area contributed by atoms with Gasteiger partial charge >= 0.3 is 0 Å². The molecule has 2 saturated carbocycles. The minimum Gasteiger partial charge on any atom is -0.396 e. The average Bonchev–Trinajstić information content (AvgIpc) is 2.74. The first-order valence-electron chi connectivity index (χ1n) is 8.41. The van der Waals surface area contributed by atoms with Crippen LogP contribution in [0.15, 0.2) is 0 Å². The van der Waals surface area contributed by atoms with E-state index in [2.05, 4.69) is 39.5 Å². The predicted molar refractivity (Wildman–Crippen MR) is 84.5 cm³/mol. The first kappa shape index (κ1) is 16.3. The first-order chi connectivity index (χ1) is 9.35. The van der Waals surface area contributed by atoms with Gasteiger partial charge in [0.2, 0.25) is 0 Å². The van der Waals surface area contributed by atoms with Crippen LogP contribution in [0.1, 0.15) is 53.9 Å². The Bertz CT molecular complexity index is 335. The molecule has 0 unspecified atom stereocenters. The Labute approximate surface area is 124 Å². The van der Waals surface area contributed by atoms with Crippen molar-refractivity contribution < 1.29 is 5.11 Å². The highest BCUT2D eigenvalue weighted by Crippen LogP contribution is 2.72. The molecule has 118 valence electrons. The zero-order valence-electron chi connectivity index (χ0n) is 14.1. The molecule has 0 aromatic carbocycles. The number of aliphatic hydroxyl groups excluding tert-OH is 1. The smallest absolute Gasteiger partial charge is 0.0489 e. The zero-order chi connectivity index (χ0) is 15.2. The van der Waals surface area contributed by atoms with Crippen molar-refractivity contribution in [1.82, 2.24) is 4.90 Å². The van der Waals surface area contributed by atoms with Crippen molar-refractivity contribution in [2.24, 2.45) is 28.4 Å². The molecule has 0 aliphatic heterocycles. The van der Waals surface area contributed by atoms with E-state index in [0.717, 1.165) is 19.0 Å². The van der Waals surface area contributed by atoms with E-state index in [-0.39, 0.29) is 23.5 Å². The van der Waals surface area contributed by atoms with Gasteiger partial charge in [0.05, 0.1) is 0 Å². The number of hydrogen-bond donors (Lipinski definition) is 2. The molecule has 20 heavy (non-hydrogen) atoms. The molecule has 3 nitrogen and oxygen atoms in total.